The number of halogens is 1. The van der Waals surface area contributed by atoms with Crippen molar-refractivity contribution in [1.82, 2.24) is 5.32 Å². The van der Waals surface area contributed by atoms with E-state index >= 15 is 0 Å². The van der Waals surface area contributed by atoms with E-state index in [0.29, 0.717) is 6.47 Å². The second kappa shape index (κ2) is 8.62. The minimum atomic E-state index is -0.318. The predicted molar refractivity (Wildman–Crippen MR) is 97.2 cm³/mol. The normalized spacial score (nSPS) is 20.4. The van der Waals surface area contributed by atoms with Gasteiger partial charge in [-0.1, -0.05) is 52.3 Å². The van der Waals surface area contributed by atoms with Gasteiger partial charge in [0.1, 0.15) is 11.3 Å². The first-order chi connectivity index (χ1) is 10.6. The molecule has 2 rings (SSSR count). The van der Waals surface area contributed by atoms with Gasteiger partial charge in [-0.3, -0.25) is 10.1 Å². The summed E-state index contributed by atoms with van der Waals surface area (Å²) in [6, 6.07) is 10.5. The predicted octanol–water partition coefficient (Wildman–Crippen LogP) is 4.10. The van der Waals surface area contributed by atoms with E-state index in [4.69, 9.17) is 4.74 Å². The van der Waals surface area contributed by atoms with Crippen LogP contribution in [0.15, 0.2) is 36.4 Å². The molecular formula is C18H26BrNO3. The SMILES string of the molecule is CC(C)(C)OC=O.CC1(C)NC(/C=C(\Br)c2ccccc2)CO1. The first-order valence-corrected chi connectivity index (χ1v) is 8.38. The molecule has 1 aromatic rings. The highest BCUT2D eigenvalue weighted by Gasteiger charge is 2.29. The van der Waals surface area contributed by atoms with Gasteiger partial charge in [-0.25, -0.2) is 0 Å². The summed E-state index contributed by atoms with van der Waals surface area (Å²) in [6.45, 7) is 10.7. The third-order valence-corrected chi connectivity index (χ3v) is 3.68. The molecule has 0 amide bonds. The van der Waals surface area contributed by atoms with E-state index in [1.165, 1.54) is 5.56 Å². The summed E-state index contributed by atoms with van der Waals surface area (Å²) in [6.07, 6.45) is 2.16. The van der Waals surface area contributed by atoms with Crippen molar-refractivity contribution in [2.24, 2.45) is 0 Å². The van der Waals surface area contributed by atoms with Gasteiger partial charge in [0.25, 0.3) is 6.47 Å². The van der Waals surface area contributed by atoms with Gasteiger partial charge >= 0.3 is 0 Å². The highest BCUT2D eigenvalue weighted by Crippen LogP contribution is 2.24. The van der Waals surface area contributed by atoms with Gasteiger partial charge in [-0.2, -0.15) is 0 Å². The molecule has 1 aliphatic rings. The number of benzene rings is 1. The molecule has 1 aromatic carbocycles. The monoisotopic (exact) mass is 383 g/mol. The van der Waals surface area contributed by atoms with Gasteiger partial charge in [-0.15, -0.1) is 0 Å². The summed E-state index contributed by atoms with van der Waals surface area (Å²) in [4.78, 5) is 9.60. The Morgan fingerprint density at radius 2 is 1.96 bits per heavy atom. The van der Waals surface area contributed by atoms with E-state index in [2.05, 4.69) is 44.2 Å². The maximum atomic E-state index is 9.60. The fraction of sp³-hybridized carbons (Fsp3) is 0.500. The van der Waals surface area contributed by atoms with Gasteiger partial charge in [0.05, 0.1) is 12.6 Å². The third kappa shape index (κ3) is 8.30. The van der Waals surface area contributed by atoms with E-state index in [0.717, 1.165) is 11.1 Å². The van der Waals surface area contributed by atoms with Crippen molar-refractivity contribution in [3.05, 3.63) is 42.0 Å². The number of nitrogens with one attached hydrogen (secondary N) is 1. The van der Waals surface area contributed by atoms with Gasteiger partial charge in [-0.05, 0) is 40.2 Å². The molecule has 1 N–H and O–H groups in total. The Morgan fingerprint density at radius 1 is 1.35 bits per heavy atom. The molecule has 1 saturated heterocycles. The molecule has 1 aliphatic heterocycles. The summed E-state index contributed by atoms with van der Waals surface area (Å²) in [5.74, 6) is 0. The summed E-state index contributed by atoms with van der Waals surface area (Å²) < 4.78 is 11.3. The molecule has 128 valence electrons. The van der Waals surface area contributed by atoms with Crippen LogP contribution in [0.3, 0.4) is 0 Å². The highest BCUT2D eigenvalue weighted by atomic mass is 79.9. The van der Waals surface area contributed by atoms with Crippen LogP contribution in [0.4, 0.5) is 0 Å². The lowest BCUT2D eigenvalue weighted by Gasteiger charge is -2.17. The zero-order valence-corrected chi connectivity index (χ0v) is 16.0. The second-order valence-corrected chi connectivity index (χ2v) is 7.63. The van der Waals surface area contributed by atoms with Crippen molar-refractivity contribution in [3.8, 4) is 0 Å². The van der Waals surface area contributed by atoms with Crippen LogP contribution in [0.5, 0.6) is 0 Å². The third-order valence-electron chi connectivity index (χ3n) is 2.96. The standard InChI is InChI=1S/C13H16BrNO.C5H10O2/c1-13(2)15-11(9-16-13)8-12(14)10-6-4-3-5-7-10;1-5(2,3)7-4-6/h3-8,11,15H,9H2,1-2H3;4H,1-3H3/b12-8-;. The van der Waals surface area contributed by atoms with Crippen molar-refractivity contribution < 1.29 is 14.3 Å². The number of ether oxygens (including phenoxy) is 2. The fourth-order valence-corrected chi connectivity index (χ4v) is 2.52. The Hall–Kier alpha value is -1.17. The Bertz CT molecular complexity index is 521. The van der Waals surface area contributed by atoms with Gasteiger partial charge < -0.3 is 9.47 Å². The van der Waals surface area contributed by atoms with Crippen LogP contribution in [-0.4, -0.2) is 30.4 Å². The van der Waals surface area contributed by atoms with Crippen LogP contribution in [0.1, 0.15) is 40.2 Å². The first kappa shape index (κ1) is 19.9. The lowest BCUT2D eigenvalue weighted by atomic mass is 10.2. The number of carbonyl (C=O) groups excluding carboxylic acids is 1. The molecule has 0 bridgehead atoms. The zero-order chi connectivity index (χ0) is 17.5. The maximum absolute atomic E-state index is 9.60. The topological polar surface area (TPSA) is 47.6 Å². The largest absolute Gasteiger partial charge is 0.462 e. The molecule has 0 aromatic heterocycles. The van der Waals surface area contributed by atoms with E-state index in [-0.39, 0.29) is 17.4 Å². The number of carbonyl (C=O) groups is 1. The van der Waals surface area contributed by atoms with Crippen molar-refractivity contribution in [2.45, 2.75) is 52.0 Å². The van der Waals surface area contributed by atoms with Crippen molar-refractivity contribution in [3.63, 3.8) is 0 Å². The summed E-state index contributed by atoms with van der Waals surface area (Å²) in [5.41, 5.74) is 0.654. The van der Waals surface area contributed by atoms with Gasteiger partial charge in [0, 0.05) is 4.48 Å². The maximum Gasteiger partial charge on any atom is 0.293 e. The van der Waals surface area contributed by atoms with Crippen LogP contribution < -0.4 is 5.32 Å². The molecule has 0 saturated carbocycles. The molecule has 5 heteroatoms. The number of hydrogen-bond acceptors (Lipinski definition) is 4. The van der Waals surface area contributed by atoms with Crippen molar-refractivity contribution in [1.29, 1.82) is 0 Å². The molecule has 0 radical (unpaired) electrons. The molecule has 1 heterocycles. The van der Waals surface area contributed by atoms with Crippen LogP contribution in [0.25, 0.3) is 4.48 Å². The average Bonchev–Trinajstić information content (AvgIpc) is 2.78. The smallest absolute Gasteiger partial charge is 0.293 e. The molecule has 4 nitrogen and oxygen atoms in total. The Balaban J connectivity index is 0.000000322. The Morgan fingerprint density at radius 3 is 2.35 bits per heavy atom. The van der Waals surface area contributed by atoms with Crippen molar-refractivity contribution in [2.75, 3.05) is 6.61 Å². The van der Waals surface area contributed by atoms with Crippen molar-refractivity contribution >= 4 is 26.9 Å². The Labute approximate surface area is 147 Å². The zero-order valence-electron chi connectivity index (χ0n) is 14.4. The molecular weight excluding hydrogens is 358 g/mol. The minimum absolute atomic E-state index is 0.217. The average molecular weight is 384 g/mol. The molecule has 23 heavy (non-hydrogen) atoms. The Kier molecular flexibility index (Phi) is 7.45. The molecule has 1 atom stereocenters. The lowest BCUT2D eigenvalue weighted by Crippen LogP contribution is -2.37. The fourth-order valence-electron chi connectivity index (χ4n) is 1.93. The second-order valence-electron chi connectivity index (χ2n) is 6.78. The van der Waals surface area contributed by atoms with E-state index < -0.39 is 0 Å². The molecule has 1 fully saturated rings. The van der Waals surface area contributed by atoms with Crippen LogP contribution in [0, 0.1) is 0 Å². The summed E-state index contributed by atoms with van der Waals surface area (Å²) in [5, 5.41) is 3.40. The lowest BCUT2D eigenvalue weighted by molar-refractivity contribution is -0.138. The minimum Gasteiger partial charge on any atom is -0.462 e. The molecule has 0 spiro atoms. The number of hydrogen-bond donors (Lipinski definition) is 1. The summed E-state index contributed by atoms with van der Waals surface area (Å²) in [7, 11) is 0. The summed E-state index contributed by atoms with van der Waals surface area (Å²) >= 11 is 3.60. The van der Waals surface area contributed by atoms with Crippen LogP contribution in [-0.2, 0) is 14.3 Å². The number of rotatable bonds is 3. The van der Waals surface area contributed by atoms with E-state index in [1.807, 2.05) is 52.8 Å². The van der Waals surface area contributed by atoms with Crippen LogP contribution >= 0.6 is 15.9 Å². The first-order valence-electron chi connectivity index (χ1n) is 7.59. The van der Waals surface area contributed by atoms with E-state index in [9.17, 15) is 4.79 Å². The van der Waals surface area contributed by atoms with Gasteiger partial charge in [0.15, 0.2) is 0 Å². The highest BCUT2D eigenvalue weighted by molar-refractivity contribution is 9.15. The quantitative estimate of drug-likeness (QED) is 0.797. The molecule has 1 unspecified atom stereocenters. The molecule has 0 aliphatic carbocycles. The van der Waals surface area contributed by atoms with E-state index in [1.54, 1.807) is 0 Å². The van der Waals surface area contributed by atoms with Crippen LogP contribution in [0.2, 0.25) is 0 Å². The van der Waals surface area contributed by atoms with Gasteiger partial charge in [0.2, 0.25) is 0 Å².